The first-order valence-electron chi connectivity index (χ1n) is 12.1. The quantitative estimate of drug-likeness (QED) is 0.374. The Morgan fingerprint density at radius 3 is 2.50 bits per heavy atom. The number of aromatic amines is 1. The Hall–Kier alpha value is -4.14. The molecule has 9 heteroatoms. The van der Waals surface area contributed by atoms with Gasteiger partial charge in [0.1, 0.15) is 12.3 Å². The lowest BCUT2D eigenvalue weighted by Gasteiger charge is -2.21. The van der Waals surface area contributed by atoms with Gasteiger partial charge in [-0.1, -0.05) is 43.2 Å². The number of hydrogen-bond acceptors (Lipinski definition) is 5. The van der Waals surface area contributed by atoms with Gasteiger partial charge in [0.2, 0.25) is 5.91 Å². The molecule has 1 aliphatic heterocycles. The summed E-state index contributed by atoms with van der Waals surface area (Å²) in [4.78, 5) is 55.7. The number of carbonyl (C=O) groups is 4. The van der Waals surface area contributed by atoms with Crippen molar-refractivity contribution < 1.29 is 23.9 Å². The van der Waals surface area contributed by atoms with Crippen molar-refractivity contribution in [2.24, 2.45) is 0 Å². The van der Waals surface area contributed by atoms with Crippen molar-refractivity contribution in [3.05, 3.63) is 65.9 Å². The summed E-state index contributed by atoms with van der Waals surface area (Å²) in [6, 6.07) is 14.6. The van der Waals surface area contributed by atoms with E-state index in [0.29, 0.717) is 12.8 Å². The fourth-order valence-electron chi connectivity index (χ4n) is 5.19. The summed E-state index contributed by atoms with van der Waals surface area (Å²) in [5, 5.41) is 3.91. The number of para-hydroxylation sites is 1. The van der Waals surface area contributed by atoms with E-state index in [-0.39, 0.29) is 18.5 Å². The standard InChI is InChI=1S/C27H28N4O5/c1-36-19-12-10-17(11-13-19)21(22-15-28-23-9-5-4-8-20(22)23)14-29-24(32)16-30-25(33)26(34)31(27(30)35)18-6-2-3-7-18/h4-5,8-13,15,18,21,28H,2-3,6-7,14,16H2,1H3,(H,29,32)/t21-/m0/s1. The number of ether oxygens (including phenoxy) is 1. The highest BCUT2D eigenvalue weighted by Gasteiger charge is 2.48. The van der Waals surface area contributed by atoms with E-state index in [1.807, 2.05) is 54.7 Å². The number of carbonyl (C=O) groups excluding carboxylic acids is 4. The molecule has 186 valence electrons. The molecule has 5 amide bonds. The monoisotopic (exact) mass is 488 g/mol. The number of nitrogens with one attached hydrogen (secondary N) is 2. The number of methoxy groups -OCH3 is 1. The van der Waals surface area contributed by atoms with E-state index >= 15 is 0 Å². The maximum absolute atomic E-state index is 12.9. The third-order valence-corrected chi connectivity index (χ3v) is 7.09. The number of amides is 5. The summed E-state index contributed by atoms with van der Waals surface area (Å²) in [6.07, 6.45) is 5.14. The van der Waals surface area contributed by atoms with E-state index < -0.39 is 30.3 Å². The Morgan fingerprint density at radius 1 is 1.06 bits per heavy atom. The molecule has 0 unspecified atom stereocenters. The second-order valence-electron chi connectivity index (χ2n) is 9.21. The van der Waals surface area contributed by atoms with Crippen molar-refractivity contribution in [1.29, 1.82) is 0 Å². The van der Waals surface area contributed by atoms with E-state index in [2.05, 4.69) is 10.3 Å². The van der Waals surface area contributed by atoms with Crippen molar-refractivity contribution in [3.63, 3.8) is 0 Å². The van der Waals surface area contributed by atoms with Gasteiger partial charge in [0, 0.05) is 35.6 Å². The number of H-pyrrole nitrogens is 1. The van der Waals surface area contributed by atoms with Crippen LogP contribution in [0.2, 0.25) is 0 Å². The van der Waals surface area contributed by atoms with Crippen molar-refractivity contribution in [1.82, 2.24) is 20.1 Å². The van der Waals surface area contributed by atoms with Gasteiger partial charge in [0.05, 0.1) is 7.11 Å². The van der Waals surface area contributed by atoms with Crippen LogP contribution < -0.4 is 10.1 Å². The summed E-state index contributed by atoms with van der Waals surface area (Å²) < 4.78 is 5.28. The molecule has 0 bridgehead atoms. The van der Waals surface area contributed by atoms with E-state index in [4.69, 9.17) is 4.74 Å². The Balaban J connectivity index is 1.33. The van der Waals surface area contributed by atoms with Crippen LogP contribution in [0.5, 0.6) is 5.75 Å². The predicted molar refractivity (Wildman–Crippen MR) is 132 cm³/mol. The van der Waals surface area contributed by atoms with Crippen LogP contribution in [-0.2, 0) is 14.4 Å². The van der Waals surface area contributed by atoms with Crippen LogP contribution in [0, 0.1) is 0 Å². The Kier molecular flexibility index (Phi) is 6.45. The van der Waals surface area contributed by atoms with Crippen LogP contribution in [0.3, 0.4) is 0 Å². The Morgan fingerprint density at radius 2 is 1.78 bits per heavy atom. The van der Waals surface area contributed by atoms with Gasteiger partial charge in [-0.2, -0.15) is 0 Å². The summed E-state index contributed by atoms with van der Waals surface area (Å²) in [5.41, 5.74) is 2.96. The first-order chi connectivity index (χ1) is 17.5. The number of hydrogen-bond donors (Lipinski definition) is 2. The molecule has 3 aromatic rings. The highest BCUT2D eigenvalue weighted by atomic mass is 16.5. The minimum Gasteiger partial charge on any atom is -0.497 e. The van der Waals surface area contributed by atoms with Crippen LogP contribution in [-0.4, -0.2) is 64.8 Å². The number of aromatic nitrogens is 1. The summed E-state index contributed by atoms with van der Waals surface area (Å²) in [6.45, 7) is -0.251. The van der Waals surface area contributed by atoms with E-state index in [9.17, 15) is 19.2 Å². The predicted octanol–water partition coefficient (Wildman–Crippen LogP) is 3.16. The van der Waals surface area contributed by atoms with Gasteiger partial charge in [-0.3, -0.25) is 19.3 Å². The van der Waals surface area contributed by atoms with Crippen molar-refractivity contribution >= 4 is 34.7 Å². The molecule has 1 saturated heterocycles. The minimum absolute atomic E-state index is 0.197. The molecule has 1 saturated carbocycles. The van der Waals surface area contributed by atoms with E-state index in [1.54, 1.807) is 7.11 Å². The first kappa shape index (κ1) is 23.6. The number of rotatable bonds is 8. The molecule has 1 aliphatic carbocycles. The zero-order valence-corrected chi connectivity index (χ0v) is 20.0. The first-order valence-corrected chi connectivity index (χ1v) is 12.1. The number of imide groups is 2. The van der Waals surface area contributed by atoms with Crippen molar-refractivity contribution in [2.75, 3.05) is 20.2 Å². The lowest BCUT2D eigenvalue weighted by atomic mass is 9.90. The van der Waals surface area contributed by atoms with Gasteiger partial charge in [-0.05, 0) is 42.2 Å². The van der Waals surface area contributed by atoms with Crippen LogP contribution in [0.15, 0.2) is 54.7 Å². The van der Waals surface area contributed by atoms with Crippen molar-refractivity contribution in [3.8, 4) is 5.75 Å². The molecule has 0 radical (unpaired) electrons. The fraction of sp³-hybridized carbons (Fsp3) is 0.333. The summed E-state index contributed by atoms with van der Waals surface area (Å²) in [5.74, 6) is -1.75. The normalized spacial score (nSPS) is 17.3. The molecule has 1 atom stereocenters. The highest BCUT2D eigenvalue weighted by molar-refractivity contribution is 6.45. The minimum atomic E-state index is -0.939. The lowest BCUT2D eigenvalue weighted by molar-refractivity contribution is -0.144. The van der Waals surface area contributed by atoms with Crippen LogP contribution >= 0.6 is 0 Å². The topological polar surface area (TPSA) is 112 Å². The SMILES string of the molecule is COc1ccc([C@H](CNC(=O)CN2C(=O)C(=O)N(C3CCCC3)C2=O)c2c[nH]c3ccccc23)cc1. The van der Waals surface area contributed by atoms with E-state index in [0.717, 1.165) is 50.4 Å². The highest BCUT2D eigenvalue weighted by Crippen LogP contribution is 2.32. The summed E-state index contributed by atoms with van der Waals surface area (Å²) >= 11 is 0. The van der Waals surface area contributed by atoms with Gasteiger partial charge in [0.15, 0.2) is 0 Å². The molecule has 5 rings (SSSR count). The molecule has 2 aromatic carbocycles. The number of urea groups is 1. The molecule has 2 heterocycles. The third kappa shape index (κ3) is 4.32. The van der Waals surface area contributed by atoms with Crippen LogP contribution in [0.4, 0.5) is 4.79 Å². The average molecular weight is 489 g/mol. The lowest BCUT2D eigenvalue weighted by Crippen LogP contribution is -2.43. The number of fused-ring (bicyclic) bond motifs is 1. The smallest absolute Gasteiger partial charge is 0.334 e. The van der Waals surface area contributed by atoms with Gasteiger partial charge in [-0.25, -0.2) is 9.69 Å². The molecular formula is C27H28N4O5. The molecule has 36 heavy (non-hydrogen) atoms. The largest absolute Gasteiger partial charge is 0.497 e. The molecule has 9 nitrogen and oxygen atoms in total. The Labute approximate surface area is 208 Å². The average Bonchev–Trinajstić information content (AvgIpc) is 3.62. The molecule has 2 aliphatic rings. The maximum Gasteiger partial charge on any atom is 0.334 e. The van der Waals surface area contributed by atoms with E-state index in [1.165, 1.54) is 0 Å². The second kappa shape index (κ2) is 9.85. The van der Waals surface area contributed by atoms with Crippen molar-refractivity contribution in [2.45, 2.75) is 37.6 Å². The van der Waals surface area contributed by atoms with Crippen LogP contribution in [0.25, 0.3) is 10.9 Å². The Bertz CT molecular complexity index is 1310. The fourth-order valence-corrected chi connectivity index (χ4v) is 5.19. The zero-order valence-electron chi connectivity index (χ0n) is 20.0. The molecule has 0 spiro atoms. The van der Waals surface area contributed by atoms with Gasteiger partial charge >= 0.3 is 17.8 Å². The zero-order chi connectivity index (χ0) is 25.2. The molecular weight excluding hydrogens is 460 g/mol. The second-order valence-corrected chi connectivity index (χ2v) is 9.21. The van der Waals surface area contributed by atoms with Gasteiger partial charge in [-0.15, -0.1) is 0 Å². The van der Waals surface area contributed by atoms with Crippen LogP contribution in [0.1, 0.15) is 42.7 Å². The maximum atomic E-state index is 12.9. The van der Waals surface area contributed by atoms with Gasteiger partial charge in [0.25, 0.3) is 0 Å². The number of benzene rings is 2. The number of nitrogens with zero attached hydrogens (tertiary/aromatic N) is 2. The van der Waals surface area contributed by atoms with Gasteiger partial charge < -0.3 is 15.0 Å². The third-order valence-electron chi connectivity index (χ3n) is 7.09. The molecule has 1 aromatic heterocycles. The molecule has 2 N–H and O–H groups in total. The molecule has 2 fully saturated rings. The summed E-state index contributed by atoms with van der Waals surface area (Å²) in [7, 11) is 1.60.